The maximum atomic E-state index is 5.88. The highest BCUT2D eigenvalue weighted by molar-refractivity contribution is 5.56. The number of nitrogens with two attached hydrogens (primary N) is 1. The van der Waals surface area contributed by atoms with Crippen LogP contribution < -0.4 is 10.5 Å². The molecule has 0 aliphatic rings. The molecular formula is C14H19N3O. The van der Waals surface area contributed by atoms with E-state index in [1.165, 1.54) is 0 Å². The van der Waals surface area contributed by atoms with Gasteiger partial charge in [-0.2, -0.15) is 0 Å². The molecular weight excluding hydrogens is 226 g/mol. The van der Waals surface area contributed by atoms with E-state index in [9.17, 15) is 0 Å². The Bertz CT molecular complexity index is 546. The number of hydrogen-bond acceptors (Lipinski definition) is 3. The van der Waals surface area contributed by atoms with Gasteiger partial charge in [0.05, 0.1) is 6.61 Å². The molecule has 4 nitrogen and oxygen atoms in total. The summed E-state index contributed by atoms with van der Waals surface area (Å²) in [5.41, 5.74) is 8.78. The van der Waals surface area contributed by atoms with Gasteiger partial charge in [0, 0.05) is 37.1 Å². The van der Waals surface area contributed by atoms with Crippen molar-refractivity contribution < 1.29 is 4.74 Å². The van der Waals surface area contributed by atoms with Crippen LogP contribution in [-0.4, -0.2) is 16.2 Å². The van der Waals surface area contributed by atoms with Crippen molar-refractivity contribution in [3.05, 3.63) is 41.5 Å². The van der Waals surface area contributed by atoms with Crippen molar-refractivity contribution in [2.24, 2.45) is 7.05 Å². The second kappa shape index (κ2) is 5.12. The van der Waals surface area contributed by atoms with Crippen LogP contribution in [-0.2, 0) is 13.5 Å². The number of anilines is 1. The predicted molar refractivity (Wildman–Crippen MR) is 72.7 cm³/mol. The molecule has 0 amide bonds. The SMILES string of the molecule is Cc1ccc(N)c(C)c1OCCc1nccn1C. The predicted octanol–water partition coefficient (Wildman–Crippen LogP) is 2.24. The van der Waals surface area contributed by atoms with Crippen molar-refractivity contribution in [2.45, 2.75) is 20.3 Å². The van der Waals surface area contributed by atoms with E-state index in [4.69, 9.17) is 10.5 Å². The van der Waals surface area contributed by atoms with Crippen LogP contribution in [0.15, 0.2) is 24.5 Å². The summed E-state index contributed by atoms with van der Waals surface area (Å²) in [6.45, 7) is 4.62. The molecule has 1 heterocycles. The molecule has 1 aromatic heterocycles. The number of aryl methyl sites for hydroxylation is 2. The van der Waals surface area contributed by atoms with Gasteiger partial charge in [0.25, 0.3) is 0 Å². The van der Waals surface area contributed by atoms with Crippen LogP contribution >= 0.6 is 0 Å². The molecule has 2 aromatic rings. The van der Waals surface area contributed by atoms with E-state index in [1.807, 2.05) is 43.8 Å². The lowest BCUT2D eigenvalue weighted by Gasteiger charge is -2.13. The van der Waals surface area contributed by atoms with Gasteiger partial charge < -0.3 is 15.0 Å². The lowest BCUT2D eigenvalue weighted by Crippen LogP contribution is -2.08. The molecule has 0 aliphatic carbocycles. The number of rotatable bonds is 4. The zero-order valence-corrected chi connectivity index (χ0v) is 11.1. The van der Waals surface area contributed by atoms with Gasteiger partial charge in [-0.25, -0.2) is 4.98 Å². The molecule has 0 aliphatic heterocycles. The molecule has 0 saturated carbocycles. The smallest absolute Gasteiger partial charge is 0.127 e. The average molecular weight is 245 g/mol. The maximum absolute atomic E-state index is 5.88. The van der Waals surface area contributed by atoms with Crippen molar-refractivity contribution in [2.75, 3.05) is 12.3 Å². The minimum Gasteiger partial charge on any atom is -0.492 e. The van der Waals surface area contributed by atoms with Crippen molar-refractivity contribution in [3.63, 3.8) is 0 Å². The van der Waals surface area contributed by atoms with Crippen molar-refractivity contribution in [3.8, 4) is 5.75 Å². The third kappa shape index (κ3) is 2.47. The van der Waals surface area contributed by atoms with Gasteiger partial charge in [0.2, 0.25) is 0 Å². The lowest BCUT2D eigenvalue weighted by molar-refractivity contribution is 0.313. The van der Waals surface area contributed by atoms with Crippen LogP contribution in [0.2, 0.25) is 0 Å². The zero-order chi connectivity index (χ0) is 13.1. The fourth-order valence-corrected chi connectivity index (χ4v) is 1.95. The molecule has 0 atom stereocenters. The molecule has 4 heteroatoms. The van der Waals surface area contributed by atoms with Crippen LogP contribution in [0, 0.1) is 13.8 Å². The number of nitrogens with zero attached hydrogens (tertiary/aromatic N) is 2. The summed E-state index contributed by atoms with van der Waals surface area (Å²) < 4.78 is 7.85. The number of hydrogen-bond donors (Lipinski definition) is 1. The molecule has 2 rings (SSSR count). The van der Waals surface area contributed by atoms with Gasteiger partial charge in [-0.05, 0) is 25.5 Å². The monoisotopic (exact) mass is 245 g/mol. The van der Waals surface area contributed by atoms with Crippen molar-refractivity contribution >= 4 is 5.69 Å². The fourth-order valence-electron chi connectivity index (χ4n) is 1.95. The molecule has 0 unspecified atom stereocenters. The third-order valence-corrected chi connectivity index (χ3v) is 3.14. The van der Waals surface area contributed by atoms with E-state index in [0.29, 0.717) is 6.61 Å². The van der Waals surface area contributed by atoms with Crippen LogP contribution in [0.4, 0.5) is 5.69 Å². The Morgan fingerprint density at radius 2 is 2.11 bits per heavy atom. The lowest BCUT2D eigenvalue weighted by atomic mass is 10.1. The van der Waals surface area contributed by atoms with Crippen molar-refractivity contribution in [1.29, 1.82) is 0 Å². The maximum Gasteiger partial charge on any atom is 0.127 e. The van der Waals surface area contributed by atoms with Gasteiger partial charge in [-0.3, -0.25) is 0 Å². The second-order valence-corrected chi connectivity index (χ2v) is 4.48. The van der Waals surface area contributed by atoms with Crippen molar-refractivity contribution in [1.82, 2.24) is 9.55 Å². The second-order valence-electron chi connectivity index (χ2n) is 4.48. The van der Waals surface area contributed by atoms with Crippen LogP contribution in [0.1, 0.15) is 17.0 Å². The first kappa shape index (κ1) is 12.5. The van der Waals surface area contributed by atoms with E-state index in [-0.39, 0.29) is 0 Å². The summed E-state index contributed by atoms with van der Waals surface area (Å²) in [5.74, 6) is 1.92. The van der Waals surface area contributed by atoms with Crippen LogP contribution in [0.3, 0.4) is 0 Å². The van der Waals surface area contributed by atoms with Gasteiger partial charge in [0.15, 0.2) is 0 Å². The number of nitrogen functional groups attached to an aromatic ring is 1. The first-order valence-electron chi connectivity index (χ1n) is 6.04. The third-order valence-electron chi connectivity index (χ3n) is 3.14. The molecule has 0 spiro atoms. The summed E-state index contributed by atoms with van der Waals surface area (Å²) in [4.78, 5) is 4.27. The van der Waals surface area contributed by atoms with E-state index < -0.39 is 0 Å². The number of imidazole rings is 1. The highest BCUT2D eigenvalue weighted by Crippen LogP contribution is 2.27. The van der Waals surface area contributed by atoms with E-state index in [1.54, 1.807) is 6.20 Å². The summed E-state index contributed by atoms with van der Waals surface area (Å²) >= 11 is 0. The quantitative estimate of drug-likeness (QED) is 0.840. The van der Waals surface area contributed by atoms with Gasteiger partial charge in [-0.1, -0.05) is 6.07 Å². The molecule has 0 saturated heterocycles. The topological polar surface area (TPSA) is 53.1 Å². The molecule has 2 N–H and O–H groups in total. The van der Waals surface area contributed by atoms with Gasteiger partial charge >= 0.3 is 0 Å². The minimum absolute atomic E-state index is 0.607. The number of benzene rings is 1. The molecule has 1 aromatic carbocycles. The summed E-state index contributed by atoms with van der Waals surface area (Å²) in [5, 5.41) is 0. The van der Waals surface area contributed by atoms with Crippen LogP contribution in [0.5, 0.6) is 5.75 Å². The fraction of sp³-hybridized carbons (Fsp3) is 0.357. The van der Waals surface area contributed by atoms with E-state index in [0.717, 1.165) is 34.8 Å². The Hall–Kier alpha value is -1.97. The standard InChI is InChI=1S/C14H19N3O/c1-10-4-5-12(15)11(2)14(10)18-9-6-13-16-7-8-17(13)3/h4-5,7-8H,6,9,15H2,1-3H3. The largest absolute Gasteiger partial charge is 0.492 e. The molecule has 0 bridgehead atoms. The Morgan fingerprint density at radius 1 is 1.33 bits per heavy atom. The van der Waals surface area contributed by atoms with Gasteiger partial charge in [0.1, 0.15) is 11.6 Å². The highest BCUT2D eigenvalue weighted by Gasteiger charge is 2.07. The Labute approximate surface area is 107 Å². The van der Waals surface area contributed by atoms with Crippen LogP contribution in [0.25, 0.3) is 0 Å². The number of ether oxygens (including phenoxy) is 1. The Kier molecular flexibility index (Phi) is 3.55. The summed E-state index contributed by atoms with van der Waals surface area (Å²) in [6.07, 6.45) is 4.52. The Morgan fingerprint density at radius 3 is 2.78 bits per heavy atom. The highest BCUT2D eigenvalue weighted by atomic mass is 16.5. The number of aromatic nitrogens is 2. The first-order chi connectivity index (χ1) is 8.59. The molecule has 18 heavy (non-hydrogen) atoms. The Balaban J connectivity index is 2.03. The normalized spacial score (nSPS) is 10.6. The van der Waals surface area contributed by atoms with E-state index in [2.05, 4.69) is 4.98 Å². The molecule has 0 radical (unpaired) electrons. The summed E-state index contributed by atoms with van der Waals surface area (Å²) in [6, 6.07) is 3.90. The minimum atomic E-state index is 0.607. The van der Waals surface area contributed by atoms with E-state index >= 15 is 0 Å². The average Bonchev–Trinajstić information content (AvgIpc) is 2.74. The summed E-state index contributed by atoms with van der Waals surface area (Å²) in [7, 11) is 1.99. The first-order valence-corrected chi connectivity index (χ1v) is 6.04. The zero-order valence-electron chi connectivity index (χ0n) is 11.1. The molecule has 96 valence electrons. The molecule has 0 fully saturated rings. The van der Waals surface area contributed by atoms with Gasteiger partial charge in [-0.15, -0.1) is 0 Å².